The van der Waals surface area contributed by atoms with E-state index in [1.54, 1.807) is 7.11 Å². The van der Waals surface area contributed by atoms with Gasteiger partial charge in [-0.25, -0.2) is 0 Å². The van der Waals surface area contributed by atoms with Gasteiger partial charge >= 0.3 is 0 Å². The number of nitrogens with one attached hydrogen (secondary N) is 1. The summed E-state index contributed by atoms with van der Waals surface area (Å²) in [4.78, 5) is 1.37. The fourth-order valence-electron chi connectivity index (χ4n) is 2.14. The van der Waals surface area contributed by atoms with Crippen LogP contribution >= 0.6 is 0 Å². The fraction of sp³-hybridized carbons (Fsp3) is 0.571. The number of aliphatic hydroxyl groups excluding tert-OH is 1. The van der Waals surface area contributed by atoms with Crippen molar-refractivity contribution in [3.8, 4) is 11.5 Å². The minimum absolute atomic E-state index is 0.303. The molecule has 1 aromatic rings. The molecule has 1 saturated heterocycles. The van der Waals surface area contributed by atoms with E-state index in [0.29, 0.717) is 13.2 Å². The summed E-state index contributed by atoms with van der Waals surface area (Å²) < 4.78 is 16.0. The molecule has 1 aliphatic heterocycles. The number of rotatable bonds is 6. The Labute approximate surface area is 113 Å². The molecule has 1 aliphatic rings. The number of quaternary nitrogens is 1. The Balaban J connectivity index is 1.74. The quantitative estimate of drug-likeness (QED) is 0.720. The van der Waals surface area contributed by atoms with Gasteiger partial charge in [-0.3, -0.25) is 0 Å². The average Bonchev–Trinajstić information content (AvgIpc) is 2.46. The van der Waals surface area contributed by atoms with Crippen LogP contribution in [0.1, 0.15) is 0 Å². The standard InChI is InChI=1S/C14H21NO4/c1-17-13-3-2-4-14(9-13)19-11-12(16)10-15-5-7-18-8-6-15/h2-4,9,12,16H,5-8,10-11H2,1H3/p+1. The van der Waals surface area contributed by atoms with Gasteiger partial charge in [-0.1, -0.05) is 6.07 Å². The lowest BCUT2D eigenvalue weighted by Crippen LogP contribution is -3.15. The Morgan fingerprint density at radius 1 is 1.32 bits per heavy atom. The van der Waals surface area contributed by atoms with E-state index in [1.165, 1.54) is 4.90 Å². The number of morpholine rings is 1. The molecule has 19 heavy (non-hydrogen) atoms. The predicted octanol–water partition coefficient (Wildman–Crippen LogP) is -0.650. The molecule has 1 unspecified atom stereocenters. The molecule has 0 bridgehead atoms. The van der Waals surface area contributed by atoms with Crippen molar-refractivity contribution in [2.75, 3.05) is 46.6 Å². The second-order valence-corrected chi connectivity index (χ2v) is 4.71. The highest BCUT2D eigenvalue weighted by atomic mass is 16.5. The van der Waals surface area contributed by atoms with E-state index in [1.807, 2.05) is 24.3 Å². The van der Waals surface area contributed by atoms with Gasteiger partial charge in [0, 0.05) is 6.07 Å². The molecule has 2 rings (SSSR count). The highest BCUT2D eigenvalue weighted by molar-refractivity contribution is 5.32. The van der Waals surface area contributed by atoms with Gasteiger partial charge < -0.3 is 24.2 Å². The van der Waals surface area contributed by atoms with Gasteiger partial charge in [0.2, 0.25) is 0 Å². The number of aliphatic hydroxyl groups is 1. The van der Waals surface area contributed by atoms with Crippen LogP contribution < -0.4 is 14.4 Å². The van der Waals surface area contributed by atoms with Crippen molar-refractivity contribution in [2.45, 2.75) is 6.10 Å². The molecule has 1 atom stereocenters. The molecule has 1 aromatic carbocycles. The topological polar surface area (TPSA) is 52.4 Å². The normalized spacial score (nSPS) is 18.0. The van der Waals surface area contributed by atoms with Gasteiger partial charge in [0.05, 0.1) is 20.3 Å². The SMILES string of the molecule is COc1cccc(OCC(O)C[NH+]2CCOCC2)c1. The van der Waals surface area contributed by atoms with E-state index in [4.69, 9.17) is 14.2 Å². The zero-order chi connectivity index (χ0) is 13.5. The second-order valence-electron chi connectivity index (χ2n) is 4.71. The molecule has 0 radical (unpaired) electrons. The molecular weight excluding hydrogens is 246 g/mol. The summed E-state index contributed by atoms with van der Waals surface area (Å²) in [5.74, 6) is 1.47. The van der Waals surface area contributed by atoms with Crippen molar-refractivity contribution in [2.24, 2.45) is 0 Å². The monoisotopic (exact) mass is 268 g/mol. The Morgan fingerprint density at radius 3 is 2.79 bits per heavy atom. The third kappa shape index (κ3) is 4.70. The van der Waals surface area contributed by atoms with Gasteiger partial charge in [-0.15, -0.1) is 0 Å². The van der Waals surface area contributed by atoms with Gasteiger partial charge in [-0.05, 0) is 12.1 Å². The maximum absolute atomic E-state index is 9.97. The van der Waals surface area contributed by atoms with E-state index in [0.717, 1.165) is 37.8 Å². The number of methoxy groups -OCH3 is 1. The first-order valence-corrected chi connectivity index (χ1v) is 6.64. The molecule has 0 aromatic heterocycles. The molecule has 2 N–H and O–H groups in total. The summed E-state index contributed by atoms with van der Waals surface area (Å²) in [5.41, 5.74) is 0. The number of hydrogen-bond acceptors (Lipinski definition) is 4. The second kappa shape index (κ2) is 7.33. The van der Waals surface area contributed by atoms with Gasteiger partial charge in [0.25, 0.3) is 0 Å². The third-order valence-corrected chi connectivity index (χ3v) is 3.21. The number of benzene rings is 1. The molecular formula is C14H22NO4+. The Kier molecular flexibility index (Phi) is 5.44. The lowest BCUT2D eigenvalue weighted by atomic mass is 10.3. The zero-order valence-electron chi connectivity index (χ0n) is 11.3. The third-order valence-electron chi connectivity index (χ3n) is 3.21. The van der Waals surface area contributed by atoms with Crippen molar-refractivity contribution >= 4 is 0 Å². The average molecular weight is 268 g/mol. The van der Waals surface area contributed by atoms with Crippen molar-refractivity contribution in [1.82, 2.24) is 0 Å². The van der Waals surface area contributed by atoms with Crippen LogP contribution in [0.3, 0.4) is 0 Å². The van der Waals surface area contributed by atoms with E-state index >= 15 is 0 Å². The molecule has 0 amide bonds. The highest BCUT2D eigenvalue weighted by Crippen LogP contribution is 2.18. The molecule has 0 spiro atoms. The minimum Gasteiger partial charge on any atom is -0.497 e. The molecule has 106 valence electrons. The summed E-state index contributed by atoms with van der Waals surface area (Å²) in [6.45, 7) is 4.47. The maximum atomic E-state index is 9.97. The van der Waals surface area contributed by atoms with Crippen LogP contribution in [-0.4, -0.2) is 57.8 Å². The van der Waals surface area contributed by atoms with Crippen LogP contribution in [0, 0.1) is 0 Å². The van der Waals surface area contributed by atoms with Crippen molar-refractivity contribution < 1.29 is 24.2 Å². The van der Waals surface area contributed by atoms with Crippen LogP contribution in [0.25, 0.3) is 0 Å². The molecule has 1 heterocycles. The first-order valence-electron chi connectivity index (χ1n) is 6.64. The first-order chi connectivity index (χ1) is 9.28. The van der Waals surface area contributed by atoms with Crippen LogP contribution in [0.4, 0.5) is 0 Å². The summed E-state index contributed by atoms with van der Waals surface area (Å²) in [7, 11) is 1.62. The molecule has 1 fully saturated rings. The van der Waals surface area contributed by atoms with Crippen molar-refractivity contribution in [1.29, 1.82) is 0 Å². The molecule has 5 nitrogen and oxygen atoms in total. The highest BCUT2D eigenvalue weighted by Gasteiger charge is 2.18. The Morgan fingerprint density at radius 2 is 2.05 bits per heavy atom. The lowest BCUT2D eigenvalue weighted by Gasteiger charge is -2.25. The van der Waals surface area contributed by atoms with Gasteiger partial charge in [0.15, 0.2) is 0 Å². The van der Waals surface area contributed by atoms with Crippen LogP contribution in [-0.2, 0) is 4.74 Å². The van der Waals surface area contributed by atoms with Crippen LogP contribution in [0.2, 0.25) is 0 Å². The first kappa shape index (κ1) is 14.1. The number of hydrogen-bond donors (Lipinski definition) is 2. The molecule has 5 heteroatoms. The molecule has 0 aliphatic carbocycles. The molecule has 0 saturated carbocycles. The summed E-state index contributed by atoms with van der Waals surface area (Å²) in [5, 5.41) is 9.97. The smallest absolute Gasteiger partial charge is 0.137 e. The minimum atomic E-state index is -0.459. The zero-order valence-corrected chi connectivity index (χ0v) is 11.3. The largest absolute Gasteiger partial charge is 0.497 e. The van der Waals surface area contributed by atoms with Crippen molar-refractivity contribution in [3.05, 3.63) is 24.3 Å². The maximum Gasteiger partial charge on any atom is 0.137 e. The summed E-state index contributed by atoms with van der Waals surface area (Å²) in [6, 6.07) is 7.40. The Bertz CT molecular complexity index is 379. The lowest BCUT2D eigenvalue weighted by molar-refractivity contribution is -0.911. The van der Waals surface area contributed by atoms with Gasteiger partial charge in [-0.2, -0.15) is 0 Å². The van der Waals surface area contributed by atoms with E-state index in [9.17, 15) is 5.11 Å². The predicted molar refractivity (Wildman–Crippen MR) is 70.9 cm³/mol. The van der Waals surface area contributed by atoms with Gasteiger partial charge in [0.1, 0.15) is 43.8 Å². The van der Waals surface area contributed by atoms with E-state index < -0.39 is 6.10 Å². The summed E-state index contributed by atoms with van der Waals surface area (Å²) in [6.07, 6.45) is -0.459. The van der Waals surface area contributed by atoms with E-state index in [-0.39, 0.29) is 0 Å². The number of ether oxygens (including phenoxy) is 3. The van der Waals surface area contributed by atoms with Crippen LogP contribution in [0.5, 0.6) is 11.5 Å². The van der Waals surface area contributed by atoms with Crippen LogP contribution in [0.15, 0.2) is 24.3 Å². The summed E-state index contributed by atoms with van der Waals surface area (Å²) >= 11 is 0. The van der Waals surface area contributed by atoms with E-state index in [2.05, 4.69) is 0 Å². The van der Waals surface area contributed by atoms with Crippen molar-refractivity contribution in [3.63, 3.8) is 0 Å². The Hall–Kier alpha value is -1.30. The fourth-order valence-corrected chi connectivity index (χ4v) is 2.14.